The van der Waals surface area contributed by atoms with E-state index in [1.165, 1.54) is 23.1 Å². The molecule has 1 aliphatic rings. The maximum atomic E-state index is 6.43. The molecule has 1 saturated heterocycles. The second-order valence-corrected chi connectivity index (χ2v) is 8.48. The van der Waals surface area contributed by atoms with Gasteiger partial charge in [-0.25, -0.2) is 5.01 Å². The molecule has 0 bridgehead atoms. The van der Waals surface area contributed by atoms with Crippen LogP contribution in [0.15, 0.2) is 48.5 Å². The van der Waals surface area contributed by atoms with Crippen molar-refractivity contribution in [2.75, 3.05) is 13.7 Å². The van der Waals surface area contributed by atoms with E-state index in [1.54, 1.807) is 7.11 Å². The van der Waals surface area contributed by atoms with E-state index < -0.39 is 0 Å². The topological polar surface area (TPSA) is 38.5 Å². The van der Waals surface area contributed by atoms with Gasteiger partial charge in [-0.15, -0.1) is 0 Å². The van der Waals surface area contributed by atoms with Crippen LogP contribution < -0.4 is 10.6 Å². The smallest absolute Gasteiger partial charge is 0.122 e. The van der Waals surface area contributed by atoms with Gasteiger partial charge in [0.15, 0.2) is 0 Å². The van der Waals surface area contributed by atoms with Crippen LogP contribution in [0.25, 0.3) is 0 Å². The number of piperidine rings is 1. The van der Waals surface area contributed by atoms with Crippen molar-refractivity contribution in [2.24, 2.45) is 11.8 Å². The van der Waals surface area contributed by atoms with Crippen molar-refractivity contribution in [3.05, 3.63) is 65.2 Å². The fourth-order valence-electron chi connectivity index (χ4n) is 4.12. The third-order valence-electron chi connectivity index (χ3n) is 5.56. The quantitative estimate of drug-likeness (QED) is 0.799. The van der Waals surface area contributed by atoms with Crippen LogP contribution in [0.3, 0.4) is 0 Å². The van der Waals surface area contributed by atoms with E-state index in [4.69, 9.17) is 10.6 Å². The molecule has 3 nitrogen and oxygen atoms in total. The number of benzene rings is 2. The van der Waals surface area contributed by atoms with Crippen molar-refractivity contribution in [2.45, 2.75) is 51.5 Å². The molecule has 2 aromatic rings. The van der Waals surface area contributed by atoms with Crippen molar-refractivity contribution in [3.8, 4) is 5.75 Å². The average molecular weight is 353 g/mol. The lowest BCUT2D eigenvalue weighted by Gasteiger charge is -2.39. The first-order valence-corrected chi connectivity index (χ1v) is 9.64. The van der Waals surface area contributed by atoms with E-state index in [0.717, 1.165) is 25.1 Å². The van der Waals surface area contributed by atoms with Gasteiger partial charge in [-0.2, -0.15) is 0 Å². The van der Waals surface area contributed by atoms with E-state index in [-0.39, 0.29) is 11.5 Å². The standard InChI is InChI=1S/C23H32N2O/c1-23(2,3)20-12-13-21(26-4)19(16-20)15-18-11-8-14-25(24)22(18)17-9-6-5-7-10-17/h5-7,9-10,12-13,16,18,22H,8,11,14-15,24H2,1-4H3. The fraction of sp³-hybridized carbons (Fsp3) is 0.478. The van der Waals surface area contributed by atoms with Crippen molar-refractivity contribution in [1.82, 2.24) is 5.01 Å². The molecule has 2 atom stereocenters. The Labute approximate surface area is 158 Å². The predicted molar refractivity (Wildman–Crippen MR) is 108 cm³/mol. The molecule has 140 valence electrons. The van der Waals surface area contributed by atoms with Gasteiger partial charge in [0, 0.05) is 6.54 Å². The van der Waals surface area contributed by atoms with Gasteiger partial charge in [0.25, 0.3) is 0 Å². The zero-order valence-electron chi connectivity index (χ0n) is 16.5. The second-order valence-electron chi connectivity index (χ2n) is 8.48. The Bertz CT molecular complexity index is 721. The summed E-state index contributed by atoms with van der Waals surface area (Å²) in [6.45, 7) is 7.73. The van der Waals surface area contributed by atoms with Crippen molar-refractivity contribution in [3.63, 3.8) is 0 Å². The molecule has 2 N–H and O–H groups in total. The molecule has 0 radical (unpaired) electrons. The van der Waals surface area contributed by atoms with Crippen LogP contribution in [0.1, 0.15) is 56.3 Å². The van der Waals surface area contributed by atoms with Crippen LogP contribution in [-0.2, 0) is 11.8 Å². The summed E-state index contributed by atoms with van der Waals surface area (Å²) in [4.78, 5) is 0. The highest BCUT2D eigenvalue weighted by Crippen LogP contribution is 2.38. The number of hydrogen-bond acceptors (Lipinski definition) is 3. The summed E-state index contributed by atoms with van der Waals surface area (Å²) in [6, 6.07) is 17.6. The van der Waals surface area contributed by atoms with Gasteiger partial charge in [0.1, 0.15) is 5.75 Å². The molecule has 1 aliphatic heterocycles. The van der Waals surface area contributed by atoms with Gasteiger partial charge in [-0.05, 0) is 53.4 Å². The van der Waals surface area contributed by atoms with E-state index in [0.29, 0.717) is 5.92 Å². The summed E-state index contributed by atoms with van der Waals surface area (Å²) >= 11 is 0. The Kier molecular flexibility index (Phi) is 5.69. The summed E-state index contributed by atoms with van der Waals surface area (Å²) in [5.74, 6) is 7.90. The summed E-state index contributed by atoms with van der Waals surface area (Å²) < 4.78 is 5.68. The molecule has 2 aromatic carbocycles. The maximum absolute atomic E-state index is 6.43. The summed E-state index contributed by atoms with van der Waals surface area (Å²) in [5, 5.41) is 2.03. The number of nitrogens with zero attached hydrogens (tertiary/aromatic N) is 1. The minimum atomic E-state index is 0.131. The summed E-state index contributed by atoms with van der Waals surface area (Å²) in [7, 11) is 1.76. The van der Waals surface area contributed by atoms with Crippen LogP contribution >= 0.6 is 0 Å². The minimum absolute atomic E-state index is 0.131. The van der Waals surface area contributed by atoms with Gasteiger partial charge in [0.05, 0.1) is 13.2 Å². The first-order chi connectivity index (χ1) is 12.4. The first-order valence-electron chi connectivity index (χ1n) is 9.64. The molecule has 3 rings (SSSR count). The van der Waals surface area contributed by atoms with Crippen molar-refractivity contribution in [1.29, 1.82) is 0 Å². The van der Waals surface area contributed by atoms with E-state index in [1.807, 2.05) is 5.01 Å². The molecule has 3 heteroatoms. The number of rotatable bonds is 4. The Hall–Kier alpha value is -1.84. The van der Waals surface area contributed by atoms with Crippen molar-refractivity contribution >= 4 is 0 Å². The molecule has 0 spiro atoms. The minimum Gasteiger partial charge on any atom is -0.496 e. The van der Waals surface area contributed by atoms with Crippen LogP contribution in [0.5, 0.6) is 5.75 Å². The molecule has 1 heterocycles. The van der Waals surface area contributed by atoms with Crippen LogP contribution in [0, 0.1) is 5.92 Å². The Morgan fingerprint density at radius 3 is 2.50 bits per heavy atom. The predicted octanol–water partition coefficient (Wildman–Crippen LogP) is 4.86. The van der Waals surface area contributed by atoms with Gasteiger partial charge in [-0.1, -0.05) is 63.2 Å². The van der Waals surface area contributed by atoms with Crippen molar-refractivity contribution < 1.29 is 4.74 Å². The lowest BCUT2D eigenvalue weighted by Crippen LogP contribution is -2.44. The lowest BCUT2D eigenvalue weighted by atomic mass is 9.80. The Morgan fingerprint density at radius 1 is 1.12 bits per heavy atom. The SMILES string of the molecule is COc1ccc(C(C)(C)C)cc1CC1CCCN(N)C1c1ccccc1. The zero-order chi connectivity index (χ0) is 18.7. The molecule has 26 heavy (non-hydrogen) atoms. The normalized spacial score (nSPS) is 21.6. The van der Waals surface area contributed by atoms with Gasteiger partial charge >= 0.3 is 0 Å². The largest absolute Gasteiger partial charge is 0.496 e. The number of hydrazine groups is 1. The summed E-state index contributed by atoms with van der Waals surface area (Å²) in [5.41, 5.74) is 4.09. The Balaban J connectivity index is 1.93. The lowest BCUT2D eigenvalue weighted by molar-refractivity contribution is 0.0922. The number of methoxy groups -OCH3 is 1. The highest BCUT2D eigenvalue weighted by atomic mass is 16.5. The third kappa shape index (κ3) is 4.11. The summed E-state index contributed by atoms with van der Waals surface area (Å²) in [6.07, 6.45) is 3.32. The second kappa shape index (κ2) is 7.81. The Morgan fingerprint density at radius 2 is 1.85 bits per heavy atom. The molecule has 0 saturated carbocycles. The first kappa shape index (κ1) is 18.9. The van der Waals surface area contributed by atoms with E-state index in [2.05, 4.69) is 69.3 Å². The van der Waals surface area contributed by atoms with E-state index >= 15 is 0 Å². The maximum Gasteiger partial charge on any atom is 0.122 e. The number of ether oxygens (including phenoxy) is 1. The van der Waals surface area contributed by atoms with Gasteiger partial charge < -0.3 is 4.74 Å². The molecule has 2 unspecified atom stereocenters. The molecular weight excluding hydrogens is 320 g/mol. The molecule has 0 amide bonds. The fourth-order valence-corrected chi connectivity index (χ4v) is 4.12. The molecule has 0 aromatic heterocycles. The zero-order valence-corrected chi connectivity index (χ0v) is 16.5. The molecule has 1 fully saturated rings. The number of nitrogens with two attached hydrogens (primary N) is 1. The number of hydrogen-bond donors (Lipinski definition) is 1. The highest BCUT2D eigenvalue weighted by Gasteiger charge is 2.32. The average Bonchev–Trinajstić information content (AvgIpc) is 2.62. The van der Waals surface area contributed by atoms with Gasteiger partial charge in [-0.3, -0.25) is 5.84 Å². The molecule has 0 aliphatic carbocycles. The van der Waals surface area contributed by atoms with Crippen LogP contribution in [0.4, 0.5) is 0 Å². The van der Waals surface area contributed by atoms with Crippen LogP contribution in [-0.4, -0.2) is 18.7 Å². The third-order valence-corrected chi connectivity index (χ3v) is 5.56. The monoisotopic (exact) mass is 352 g/mol. The van der Waals surface area contributed by atoms with Crippen LogP contribution in [0.2, 0.25) is 0 Å². The molecular formula is C23H32N2O. The van der Waals surface area contributed by atoms with E-state index in [9.17, 15) is 0 Å². The van der Waals surface area contributed by atoms with Gasteiger partial charge in [0.2, 0.25) is 0 Å². The highest BCUT2D eigenvalue weighted by molar-refractivity contribution is 5.40.